The second-order valence-electron chi connectivity index (χ2n) is 4.10. The van der Waals surface area contributed by atoms with Crippen molar-refractivity contribution in [3.63, 3.8) is 0 Å². The molecule has 0 fully saturated rings. The van der Waals surface area contributed by atoms with Crippen LogP contribution in [0.5, 0.6) is 0 Å². The van der Waals surface area contributed by atoms with E-state index >= 15 is 0 Å². The van der Waals surface area contributed by atoms with Gasteiger partial charge >= 0.3 is 0 Å². The molecule has 0 aliphatic heterocycles. The highest BCUT2D eigenvalue weighted by molar-refractivity contribution is 5.91. The molecule has 0 aromatic heterocycles. The van der Waals surface area contributed by atoms with Crippen molar-refractivity contribution >= 4 is 17.7 Å². The Balaban J connectivity index is 2.48. The highest BCUT2D eigenvalue weighted by Gasteiger charge is 1.96. The van der Waals surface area contributed by atoms with Crippen molar-refractivity contribution < 1.29 is 9.53 Å². The molecule has 1 rings (SSSR count). The fourth-order valence-corrected chi connectivity index (χ4v) is 1.39. The molecule has 1 aromatic carbocycles. The number of benzene rings is 1. The van der Waals surface area contributed by atoms with Gasteiger partial charge in [-0.25, -0.2) is 0 Å². The number of amides is 1. The Labute approximate surface area is 108 Å². The van der Waals surface area contributed by atoms with Gasteiger partial charge in [0.15, 0.2) is 0 Å². The highest BCUT2D eigenvalue weighted by Crippen LogP contribution is 2.12. The number of hydrogen-bond donors (Lipinski definition) is 1. The van der Waals surface area contributed by atoms with Gasteiger partial charge in [0.25, 0.3) is 0 Å². The molecule has 0 heterocycles. The third-order valence-corrected chi connectivity index (χ3v) is 2.44. The Kier molecular flexibility index (Phi) is 5.94. The van der Waals surface area contributed by atoms with Crippen LogP contribution in [0, 0.1) is 0 Å². The standard InChI is InChI=1S/C14H20N2O2/c1-16(2)13-7-4-12(5-8-13)6-9-14(17)15-10-11-18-3/h4-9H,10-11H2,1-3H3,(H,15,17)/b9-6+. The normalized spacial score (nSPS) is 10.6. The summed E-state index contributed by atoms with van der Waals surface area (Å²) in [5.41, 5.74) is 2.14. The number of nitrogens with one attached hydrogen (secondary N) is 1. The molecule has 4 heteroatoms. The minimum absolute atomic E-state index is 0.108. The van der Waals surface area contributed by atoms with Gasteiger partial charge in [-0.05, 0) is 23.8 Å². The molecule has 0 unspecified atom stereocenters. The maximum absolute atomic E-state index is 11.4. The fourth-order valence-electron chi connectivity index (χ4n) is 1.39. The van der Waals surface area contributed by atoms with Crippen LogP contribution in [0.3, 0.4) is 0 Å². The molecule has 0 aliphatic carbocycles. The van der Waals surface area contributed by atoms with E-state index in [1.807, 2.05) is 43.3 Å². The van der Waals surface area contributed by atoms with Gasteiger partial charge in [-0.2, -0.15) is 0 Å². The number of carbonyl (C=O) groups excluding carboxylic acids is 1. The van der Waals surface area contributed by atoms with Crippen LogP contribution in [-0.4, -0.2) is 40.3 Å². The fraction of sp³-hybridized carbons (Fsp3) is 0.357. The second-order valence-corrected chi connectivity index (χ2v) is 4.10. The number of nitrogens with zero attached hydrogens (tertiary/aromatic N) is 1. The van der Waals surface area contributed by atoms with Gasteiger partial charge in [0.1, 0.15) is 0 Å². The highest BCUT2D eigenvalue weighted by atomic mass is 16.5. The summed E-state index contributed by atoms with van der Waals surface area (Å²) < 4.78 is 4.85. The van der Waals surface area contributed by atoms with Gasteiger partial charge in [-0.15, -0.1) is 0 Å². The molecular weight excluding hydrogens is 228 g/mol. The average Bonchev–Trinajstić information content (AvgIpc) is 2.37. The summed E-state index contributed by atoms with van der Waals surface area (Å²) in [6, 6.07) is 7.99. The van der Waals surface area contributed by atoms with Crippen LogP contribution in [0.15, 0.2) is 30.3 Å². The summed E-state index contributed by atoms with van der Waals surface area (Å²) in [5.74, 6) is -0.108. The first-order valence-electron chi connectivity index (χ1n) is 5.85. The number of ether oxygens (including phenoxy) is 1. The van der Waals surface area contributed by atoms with E-state index in [4.69, 9.17) is 4.74 Å². The molecule has 0 saturated heterocycles. The van der Waals surface area contributed by atoms with Gasteiger partial charge in [0, 0.05) is 39.5 Å². The van der Waals surface area contributed by atoms with Crippen LogP contribution in [0.1, 0.15) is 5.56 Å². The summed E-state index contributed by atoms with van der Waals surface area (Å²) in [4.78, 5) is 13.4. The van der Waals surface area contributed by atoms with E-state index in [9.17, 15) is 4.79 Å². The molecule has 1 amide bonds. The lowest BCUT2D eigenvalue weighted by Crippen LogP contribution is -2.24. The average molecular weight is 248 g/mol. The first-order valence-corrected chi connectivity index (χ1v) is 5.85. The zero-order valence-electron chi connectivity index (χ0n) is 11.1. The van der Waals surface area contributed by atoms with E-state index in [1.54, 1.807) is 13.2 Å². The monoisotopic (exact) mass is 248 g/mol. The Morgan fingerprint density at radius 3 is 2.56 bits per heavy atom. The molecule has 18 heavy (non-hydrogen) atoms. The first kappa shape index (κ1) is 14.3. The van der Waals surface area contributed by atoms with Crippen molar-refractivity contribution in [2.24, 2.45) is 0 Å². The minimum atomic E-state index is -0.108. The van der Waals surface area contributed by atoms with E-state index in [0.717, 1.165) is 11.3 Å². The topological polar surface area (TPSA) is 41.6 Å². The number of methoxy groups -OCH3 is 1. The number of hydrogen-bond acceptors (Lipinski definition) is 3. The predicted octanol–water partition coefficient (Wildman–Crippen LogP) is 1.53. The lowest BCUT2D eigenvalue weighted by molar-refractivity contribution is -0.116. The smallest absolute Gasteiger partial charge is 0.244 e. The first-order chi connectivity index (χ1) is 8.63. The van der Waals surface area contributed by atoms with Crippen LogP contribution < -0.4 is 10.2 Å². The van der Waals surface area contributed by atoms with Gasteiger partial charge in [0.2, 0.25) is 5.91 Å². The largest absolute Gasteiger partial charge is 0.383 e. The van der Waals surface area contributed by atoms with E-state index < -0.39 is 0 Å². The number of carbonyl (C=O) groups is 1. The molecule has 4 nitrogen and oxygen atoms in total. The molecule has 0 saturated carbocycles. The van der Waals surface area contributed by atoms with E-state index in [2.05, 4.69) is 5.32 Å². The third kappa shape index (κ3) is 5.01. The lowest BCUT2D eigenvalue weighted by Gasteiger charge is -2.11. The number of rotatable bonds is 6. The molecule has 0 radical (unpaired) electrons. The Morgan fingerprint density at radius 2 is 2.00 bits per heavy atom. The third-order valence-electron chi connectivity index (χ3n) is 2.44. The van der Waals surface area contributed by atoms with Crippen LogP contribution in [0.25, 0.3) is 6.08 Å². The SMILES string of the molecule is COCCNC(=O)/C=C/c1ccc(N(C)C)cc1. The van der Waals surface area contributed by atoms with Crippen molar-refractivity contribution in [1.29, 1.82) is 0 Å². The quantitative estimate of drug-likeness (QED) is 0.613. The van der Waals surface area contributed by atoms with E-state index in [1.165, 1.54) is 6.08 Å². The van der Waals surface area contributed by atoms with Crippen LogP contribution >= 0.6 is 0 Å². The van der Waals surface area contributed by atoms with Crippen LogP contribution in [0.2, 0.25) is 0 Å². The predicted molar refractivity (Wildman–Crippen MR) is 74.7 cm³/mol. The Morgan fingerprint density at radius 1 is 1.33 bits per heavy atom. The maximum atomic E-state index is 11.4. The Bertz CT molecular complexity index is 397. The molecule has 98 valence electrons. The van der Waals surface area contributed by atoms with E-state index in [0.29, 0.717) is 13.2 Å². The molecule has 1 aromatic rings. The zero-order valence-corrected chi connectivity index (χ0v) is 11.1. The van der Waals surface area contributed by atoms with Crippen LogP contribution in [0.4, 0.5) is 5.69 Å². The van der Waals surface area contributed by atoms with Crippen molar-refractivity contribution in [3.05, 3.63) is 35.9 Å². The van der Waals surface area contributed by atoms with Gasteiger partial charge < -0.3 is 15.0 Å². The summed E-state index contributed by atoms with van der Waals surface area (Å²) in [7, 11) is 5.59. The molecule has 0 bridgehead atoms. The Hall–Kier alpha value is -1.81. The molecule has 0 atom stereocenters. The van der Waals surface area contributed by atoms with Crippen molar-refractivity contribution in [2.75, 3.05) is 39.3 Å². The summed E-state index contributed by atoms with van der Waals surface area (Å²) in [6.07, 6.45) is 3.32. The van der Waals surface area contributed by atoms with E-state index in [-0.39, 0.29) is 5.91 Å². The van der Waals surface area contributed by atoms with Gasteiger partial charge in [-0.1, -0.05) is 12.1 Å². The minimum Gasteiger partial charge on any atom is -0.383 e. The summed E-state index contributed by atoms with van der Waals surface area (Å²) >= 11 is 0. The summed E-state index contributed by atoms with van der Waals surface area (Å²) in [6.45, 7) is 1.05. The lowest BCUT2D eigenvalue weighted by atomic mass is 10.2. The second kappa shape index (κ2) is 7.50. The molecule has 0 aliphatic rings. The summed E-state index contributed by atoms with van der Waals surface area (Å²) in [5, 5.41) is 2.72. The van der Waals surface area contributed by atoms with Gasteiger partial charge in [-0.3, -0.25) is 4.79 Å². The zero-order chi connectivity index (χ0) is 13.4. The molecule has 1 N–H and O–H groups in total. The molecule has 0 spiro atoms. The van der Waals surface area contributed by atoms with Crippen molar-refractivity contribution in [2.45, 2.75) is 0 Å². The van der Waals surface area contributed by atoms with Crippen molar-refractivity contribution in [3.8, 4) is 0 Å². The van der Waals surface area contributed by atoms with Crippen molar-refractivity contribution in [1.82, 2.24) is 5.32 Å². The maximum Gasteiger partial charge on any atom is 0.244 e. The van der Waals surface area contributed by atoms with Crippen LogP contribution in [-0.2, 0) is 9.53 Å². The number of anilines is 1. The van der Waals surface area contributed by atoms with Gasteiger partial charge in [0.05, 0.1) is 6.61 Å². The molecular formula is C14H20N2O2.